The predicted octanol–water partition coefficient (Wildman–Crippen LogP) is -1.53. The summed E-state index contributed by atoms with van der Waals surface area (Å²) in [6.07, 6.45) is 1.11. The predicted molar refractivity (Wildman–Crippen MR) is 95.6 cm³/mol. The van der Waals surface area contributed by atoms with Crippen molar-refractivity contribution in [3.05, 3.63) is 35.2 Å². The van der Waals surface area contributed by atoms with Gasteiger partial charge in [0.2, 0.25) is 5.91 Å². The molecule has 3 rings (SSSR count). The van der Waals surface area contributed by atoms with Gasteiger partial charge < -0.3 is 26.2 Å². The number of carboxylic acid groups (broad SMARTS) is 1. The highest BCUT2D eigenvalue weighted by atomic mass is 32.2. The molecule has 154 valence electrons. The van der Waals surface area contributed by atoms with Crippen molar-refractivity contribution in [2.75, 3.05) is 6.61 Å². The molecule has 3 unspecified atom stereocenters. The minimum Gasteiger partial charge on any atom is -0.480 e. The number of ether oxygens (including phenoxy) is 1. The van der Waals surface area contributed by atoms with E-state index in [2.05, 4.69) is 9.72 Å². The average molecular weight is 424 g/mol. The molecule has 1 aromatic rings. The summed E-state index contributed by atoms with van der Waals surface area (Å²) in [7, 11) is -4.34. The number of carbonyl (C=O) groups is 4. The number of fused-ring (bicyclic) bond motifs is 1. The Labute approximate surface area is 164 Å². The summed E-state index contributed by atoms with van der Waals surface area (Å²) < 4.78 is 28.7. The number of carbonyl (C=O) groups excluding carboxylic acids is 3. The van der Waals surface area contributed by atoms with Crippen molar-refractivity contribution in [3.63, 3.8) is 0 Å². The molecule has 3 heterocycles. The number of β-lactam (4-membered cyclic amide) rings is 1. The van der Waals surface area contributed by atoms with Gasteiger partial charge in [-0.2, -0.15) is 0 Å². The van der Waals surface area contributed by atoms with E-state index in [9.17, 15) is 32.7 Å². The summed E-state index contributed by atoms with van der Waals surface area (Å²) in [6.45, 7) is 0.226. The molecule has 0 aliphatic carbocycles. The minimum absolute atomic E-state index is 0.0906. The third-order valence-electron chi connectivity index (χ3n) is 4.90. The quantitative estimate of drug-likeness (QED) is 0.370. The van der Waals surface area contributed by atoms with Gasteiger partial charge in [-0.15, -0.1) is 0 Å². The molecule has 3 amide bonds. The summed E-state index contributed by atoms with van der Waals surface area (Å²) in [6, 6.07) is 0.813. The molecule has 12 nitrogen and oxygen atoms in total. The second-order valence-electron chi connectivity index (χ2n) is 6.70. The molecule has 0 bridgehead atoms. The van der Waals surface area contributed by atoms with E-state index in [0.29, 0.717) is 4.90 Å². The molecular weight excluding hydrogens is 408 g/mol. The zero-order valence-electron chi connectivity index (χ0n) is 14.9. The van der Waals surface area contributed by atoms with Gasteiger partial charge in [0.05, 0.1) is 11.3 Å². The van der Waals surface area contributed by atoms with Crippen LogP contribution in [0.25, 0.3) is 6.08 Å². The van der Waals surface area contributed by atoms with Gasteiger partial charge >= 0.3 is 12.1 Å². The molecule has 0 spiro atoms. The molecule has 2 saturated heterocycles. The summed E-state index contributed by atoms with van der Waals surface area (Å²) >= 11 is 0. The molecule has 0 saturated carbocycles. The first-order valence-corrected chi connectivity index (χ1v) is 9.65. The first-order valence-electron chi connectivity index (χ1n) is 8.10. The smallest absolute Gasteiger partial charge is 0.404 e. The molecule has 3 atom stereocenters. The second kappa shape index (κ2) is 6.55. The van der Waals surface area contributed by atoms with Gasteiger partial charge in [-0.25, -0.2) is 18.0 Å². The number of aromatic nitrogens is 1. The molecule has 2 aliphatic heterocycles. The maximum Gasteiger partial charge on any atom is 0.404 e. The van der Waals surface area contributed by atoms with Gasteiger partial charge in [-0.1, -0.05) is 0 Å². The normalized spacial score (nSPS) is 28.5. The lowest BCUT2D eigenvalue weighted by Crippen LogP contribution is -2.59. The zero-order valence-corrected chi connectivity index (χ0v) is 15.8. The topological polar surface area (TPSA) is 200 Å². The van der Waals surface area contributed by atoms with Crippen LogP contribution in [0.1, 0.15) is 23.0 Å². The Morgan fingerprint density at radius 1 is 1.38 bits per heavy atom. The number of amides is 3. The van der Waals surface area contributed by atoms with Crippen LogP contribution in [-0.2, 0) is 24.2 Å². The van der Waals surface area contributed by atoms with Crippen molar-refractivity contribution >= 4 is 39.8 Å². The van der Waals surface area contributed by atoms with Crippen molar-refractivity contribution in [2.24, 2.45) is 11.5 Å². The minimum atomic E-state index is -4.34. The first kappa shape index (κ1) is 20.3. The number of carboxylic acids is 1. The number of pyridine rings is 1. The third kappa shape index (κ3) is 2.90. The van der Waals surface area contributed by atoms with Crippen molar-refractivity contribution in [3.8, 4) is 0 Å². The van der Waals surface area contributed by atoms with Gasteiger partial charge in [-0.05, 0) is 25.1 Å². The fraction of sp³-hybridized carbons (Fsp3) is 0.312. The van der Waals surface area contributed by atoms with Crippen LogP contribution in [0.2, 0.25) is 0 Å². The van der Waals surface area contributed by atoms with Crippen LogP contribution in [0.3, 0.4) is 0 Å². The Bertz CT molecular complexity index is 1080. The molecule has 5 N–H and O–H groups in total. The number of aliphatic carboxylic acids is 1. The number of nitrogens with two attached hydrogens (primary N) is 2. The number of hydrogen-bond donors (Lipinski definition) is 3. The molecule has 1 aromatic heterocycles. The highest BCUT2D eigenvalue weighted by Crippen LogP contribution is 2.49. The van der Waals surface area contributed by atoms with Gasteiger partial charge in [0.1, 0.15) is 11.4 Å². The number of rotatable bonds is 5. The van der Waals surface area contributed by atoms with Crippen molar-refractivity contribution < 1.29 is 37.4 Å². The Balaban J connectivity index is 2.07. The van der Waals surface area contributed by atoms with Gasteiger partial charge in [-0.3, -0.25) is 14.6 Å². The second-order valence-corrected chi connectivity index (χ2v) is 9.17. The monoisotopic (exact) mass is 424 g/mol. The lowest BCUT2D eigenvalue weighted by Gasteiger charge is -2.37. The Kier molecular flexibility index (Phi) is 4.57. The van der Waals surface area contributed by atoms with Crippen LogP contribution in [0.5, 0.6) is 0 Å². The van der Waals surface area contributed by atoms with E-state index in [1.165, 1.54) is 18.3 Å². The van der Waals surface area contributed by atoms with Crippen molar-refractivity contribution in [2.45, 2.75) is 23.1 Å². The average Bonchev–Trinajstić information content (AvgIpc) is 2.80. The Morgan fingerprint density at radius 2 is 2.03 bits per heavy atom. The fourth-order valence-corrected chi connectivity index (χ4v) is 5.73. The van der Waals surface area contributed by atoms with Crippen LogP contribution in [-0.4, -0.2) is 70.1 Å². The van der Waals surface area contributed by atoms with E-state index < -0.39 is 56.5 Å². The highest BCUT2D eigenvalue weighted by Gasteiger charge is 2.72. The fourth-order valence-electron chi connectivity index (χ4n) is 3.45. The van der Waals surface area contributed by atoms with Crippen LogP contribution in [0.15, 0.2) is 23.9 Å². The molecule has 2 fully saturated rings. The largest absolute Gasteiger partial charge is 0.480 e. The third-order valence-corrected chi connectivity index (χ3v) is 7.61. The van der Waals surface area contributed by atoms with E-state index in [1.54, 1.807) is 0 Å². The van der Waals surface area contributed by atoms with E-state index in [1.807, 2.05) is 0 Å². The highest BCUT2D eigenvalue weighted by molar-refractivity contribution is 7.94. The number of nitrogens with zero attached hydrogens (tertiary/aromatic N) is 2. The van der Waals surface area contributed by atoms with E-state index in [0.717, 1.165) is 13.0 Å². The standard InChI is InChI=1S/C16H16N4O8S/c1-16(6-28-15(18)25)10(14(23)24)20-12(22)9(13(20)29(16,26)27)5-8-4-7(11(17)21)2-3-19-8/h2-5,10,13H,6H2,1H3,(H2,17,21)(H2,18,25)(H,23,24). The van der Waals surface area contributed by atoms with E-state index >= 15 is 0 Å². The van der Waals surface area contributed by atoms with Crippen LogP contribution in [0.4, 0.5) is 4.79 Å². The van der Waals surface area contributed by atoms with Crippen LogP contribution in [0, 0.1) is 0 Å². The Hall–Kier alpha value is -3.48. The SMILES string of the molecule is CC1(COC(N)=O)C(C(=O)O)N2C(=O)C(=Cc3cc(C(N)=O)ccn3)C2S1(=O)=O. The summed E-state index contributed by atoms with van der Waals surface area (Å²) in [4.78, 5) is 51.2. The summed E-state index contributed by atoms with van der Waals surface area (Å²) in [5.41, 5.74) is 10.0. The van der Waals surface area contributed by atoms with Gasteiger partial charge in [0, 0.05) is 11.8 Å². The molecule has 2 aliphatic rings. The van der Waals surface area contributed by atoms with Crippen LogP contribution < -0.4 is 11.5 Å². The first-order chi connectivity index (χ1) is 13.4. The van der Waals surface area contributed by atoms with E-state index in [-0.39, 0.29) is 16.8 Å². The van der Waals surface area contributed by atoms with E-state index in [4.69, 9.17) is 11.5 Å². The lowest BCUT2D eigenvalue weighted by atomic mass is 9.94. The van der Waals surface area contributed by atoms with Gasteiger partial charge in [0.25, 0.3) is 5.91 Å². The lowest BCUT2D eigenvalue weighted by molar-refractivity contribution is -0.153. The molecular formula is C16H16N4O8S. The Morgan fingerprint density at radius 3 is 2.59 bits per heavy atom. The van der Waals surface area contributed by atoms with Crippen molar-refractivity contribution in [1.29, 1.82) is 0 Å². The van der Waals surface area contributed by atoms with Gasteiger partial charge in [0.15, 0.2) is 21.3 Å². The summed E-state index contributed by atoms with van der Waals surface area (Å²) in [5, 5.41) is 7.97. The number of sulfone groups is 1. The molecule has 0 radical (unpaired) electrons. The van der Waals surface area contributed by atoms with Crippen LogP contribution >= 0.6 is 0 Å². The maximum absolute atomic E-state index is 13.1. The zero-order chi connectivity index (χ0) is 21.7. The number of primary amides is 2. The molecule has 29 heavy (non-hydrogen) atoms. The summed E-state index contributed by atoms with van der Waals surface area (Å²) in [5.74, 6) is -3.16. The van der Waals surface area contributed by atoms with Crippen molar-refractivity contribution in [1.82, 2.24) is 9.88 Å². The maximum atomic E-state index is 13.1. The molecule has 0 aromatic carbocycles. The number of hydrogen-bond acceptors (Lipinski definition) is 8. The molecule has 13 heteroatoms.